The summed E-state index contributed by atoms with van der Waals surface area (Å²) in [4.78, 5) is 20.9. The molecule has 144 valence electrons. The van der Waals surface area contributed by atoms with E-state index in [0.29, 0.717) is 28.0 Å². The van der Waals surface area contributed by atoms with Crippen LogP contribution >= 0.6 is 11.8 Å². The first-order valence-electron chi connectivity index (χ1n) is 8.80. The van der Waals surface area contributed by atoms with E-state index in [2.05, 4.69) is 20.4 Å². The molecule has 0 aliphatic heterocycles. The van der Waals surface area contributed by atoms with E-state index in [0.717, 1.165) is 16.4 Å². The summed E-state index contributed by atoms with van der Waals surface area (Å²) in [7, 11) is 1.57. The quantitative estimate of drug-likeness (QED) is 0.445. The lowest BCUT2D eigenvalue weighted by atomic mass is 10.1. The van der Waals surface area contributed by atoms with Gasteiger partial charge in [-0.3, -0.25) is 4.79 Å². The van der Waals surface area contributed by atoms with Crippen LogP contribution in [0.1, 0.15) is 0 Å². The van der Waals surface area contributed by atoms with Crippen molar-refractivity contribution >= 4 is 51.1 Å². The first-order valence-corrected chi connectivity index (χ1v) is 9.79. The average molecular weight is 405 g/mol. The van der Waals surface area contributed by atoms with E-state index in [1.165, 1.54) is 11.8 Å². The third kappa shape index (κ3) is 3.25. The topological polar surface area (TPSA) is 94.5 Å². The Labute approximate surface area is 168 Å². The van der Waals surface area contributed by atoms with Crippen molar-refractivity contribution in [3.8, 4) is 5.75 Å². The van der Waals surface area contributed by atoms with Gasteiger partial charge in [0.15, 0.2) is 0 Å². The number of benzene rings is 2. The molecule has 0 fully saturated rings. The summed E-state index contributed by atoms with van der Waals surface area (Å²) in [6.07, 6.45) is 3.40. The zero-order valence-corrected chi connectivity index (χ0v) is 16.1. The van der Waals surface area contributed by atoms with Crippen molar-refractivity contribution in [3.05, 3.63) is 54.9 Å². The Bertz CT molecular complexity index is 1330. The molecule has 3 heterocycles. The van der Waals surface area contributed by atoms with Crippen LogP contribution in [0.25, 0.3) is 27.7 Å². The highest BCUT2D eigenvalue weighted by molar-refractivity contribution is 7.99. The summed E-state index contributed by atoms with van der Waals surface area (Å²) < 4.78 is 12.9. The summed E-state index contributed by atoms with van der Waals surface area (Å²) in [5.74, 6) is 1.01. The second kappa shape index (κ2) is 7.10. The Kier molecular flexibility index (Phi) is 4.28. The fourth-order valence-corrected chi connectivity index (χ4v) is 3.73. The van der Waals surface area contributed by atoms with Crippen molar-refractivity contribution in [2.45, 2.75) is 5.16 Å². The van der Waals surface area contributed by atoms with Crippen molar-refractivity contribution in [1.82, 2.24) is 19.6 Å². The second-order valence-electron chi connectivity index (χ2n) is 6.24. The summed E-state index contributed by atoms with van der Waals surface area (Å²) >= 11 is 1.24. The van der Waals surface area contributed by atoms with E-state index < -0.39 is 0 Å². The minimum atomic E-state index is -0.199. The Hall–Kier alpha value is -3.59. The van der Waals surface area contributed by atoms with Gasteiger partial charge in [0.2, 0.25) is 11.1 Å². The molecule has 0 unspecified atom stereocenters. The largest absolute Gasteiger partial charge is 0.495 e. The maximum atomic E-state index is 12.5. The molecule has 1 N–H and O–H groups in total. The highest BCUT2D eigenvalue weighted by Crippen LogP contribution is 2.36. The van der Waals surface area contributed by atoms with Crippen LogP contribution in [0.5, 0.6) is 5.75 Å². The van der Waals surface area contributed by atoms with Gasteiger partial charge in [0, 0.05) is 29.2 Å². The molecule has 1 amide bonds. The number of rotatable bonds is 5. The summed E-state index contributed by atoms with van der Waals surface area (Å²) in [6, 6.07) is 13.2. The molecule has 0 saturated carbocycles. The van der Waals surface area contributed by atoms with Crippen molar-refractivity contribution < 1.29 is 13.9 Å². The third-order valence-corrected chi connectivity index (χ3v) is 5.24. The number of nitrogens with zero attached hydrogens (tertiary/aromatic N) is 4. The lowest BCUT2D eigenvalue weighted by molar-refractivity contribution is -0.113. The van der Waals surface area contributed by atoms with Gasteiger partial charge in [-0.05, 0) is 18.2 Å². The molecule has 0 aliphatic rings. The molecule has 0 spiro atoms. The van der Waals surface area contributed by atoms with Crippen molar-refractivity contribution in [2.24, 2.45) is 0 Å². The number of hydrogen-bond donors (Lipinski definition) is 1. The van der Waals surface area contributed by atoms with Crippen LogP contribution in [0.15, 0.2) is 64.4 Å². The zero-order valence-electron chi connectivity index (χ0n) is 15.3. The number of nitrogens with one attached hydrogen (secondary N) is 1. The van der Waals surface area contributed by atoms with Crippen LogP contribution in [-0.2, 0) is 4.79 Å². The van der Waals surface area contributed by atoms with Gasteiger partial charge in [-0.15, -0.1) is 5.10 Å². The number of para-hydroxylation sites is 1. The smallest absolute Gasteiger partial charge is 0.253 e. The van der Waals surface area contributed by atoms with E-state index in [4.69, 9.17) is 9.15 Å². The van der Waals surface area contributed by atoms with E-state index in [-0.39, 0.29) is 11.7 Å². The van der Waals surface area contributed by atoms with E-state index >= 15 is 0 Å². The SMILES string of the molecule is COc1cc2c(cc1NC(=O)CSc1nc3ncccn3n1)oc1ccccc12. The standard InChI is InChI=1S/C20H15N5O3S/c1-27-17-9-13-12-5-2-3-6-15(12)28-16(13)10-14(17)22-18(26)11-29-20-23-19-21-7-4-8-25(19)24-20/h2-10H,11H2,1H3,(H,22,26). The zero-order chi connectivity index (χ0) is 19.8. The van der Waals surface area contributed by atoms with Gasteiger partial charge < -0.3 is 14.5 Å². The maximum absolute atomic E-state index is 12.5. The number of amides is 1. The van der Waals surface area contributed by atoms with Crippen molar-refractivity contribution in [3.63, 3.8) is 0 Å². The van der Waals surface area contributed by atoms with E-state index in [1.807, 2.05) is 30.3 Å². The molecule has 0 radical (unpaired) electrons. The highest BCUT2D eigenvalue weighted by Gasteiger charge is 2.15. The number of thioether (sulfide) groups is 1. The molecule has 8 nitrogen and oxygen atoms in total. The number of ether oxygens (including phenoxy) is 1. The maximum Gasteiger partial charge on any atom is 0.253 e. The number of fused-ring (bicyclic) bond motifs is 4. The molecule has 5 aromatic rings. The van der Waals surface area contributed by atoms with Gasteiger partial charge in [-0.1, -0.05) is 30.0 Å². The Morgan fingerprint density at radius 2 is 2.10 bits per heavy atom. The molecular formula is C20H15N5O3S. The molecule has 0 aliphatic carbocycles. The lowest BCUT2D eigenvalue weighted by Gasteiger charge is -2.09. The van der Waals surface area contributed by atoms with Crippen LogP contribution in [0.4, 0.5) is 5.69 Å². The summed E-state index contributed by atoms with van der Waals surface area (Å²) in [5, 5.41) is 9.58. The van der Waals surface area contributed by atoms with Crippen LogP contribution in [0.2, 0.25) is 0 Å². The van der Waals surface area contributed by atoms with Gasteiger partial charge in [0.25, 0.3) is 5.78 Å². The Morgan fingerprint density at radius 3 is 2.97 bits per heavy atom. The lowest BCUT2D eigenvalue weighted by Crippen LogP contribution is -2.14. The van der Waals surface area contributed by atoms with E-state index in [9.17, 15) is 4.79 Å². The number of methoxy groups -OCH3 is 1. The molecule has 3 aromatic heterocycles. The molecule has 2 aromatic carbocycles. The van der Waals surface area contributed by atoms with Gasteiger partial charge in [0.1, 0.15) is 16.9 Å². The van der Waals surface area contributed by atoms with Crippen molar-refractivity contribution in [1.29, 1.82) is 0 Å². The third-order valence-electron chi connectivity index (χ3n) is 4.40. The predicted octanol–water partition coefficient (Wildman–Crippen LogP) is 3.76. The number of carbonyl (C=O) groups is 1. The number of hydrogen-bond acceptors (Lipinski definition) is 7. The number of carbonyl (C=O) groups excluding carboxylic acids is 1. The normalized spacial score (nSPS) is 11.3. The molecule has 29 heavy (non-hydrogen) atoms. The molecule has 0 bridgehead atoms. The fraction of sp³-hybridized carbons (Fsp3) is 0.100. The van der Waals surface area contributed by atoms with Crippen LogP contribution in [-0.4, -0.2) is 38.4 Å². The molecular weight excluding hydrogens is 390 g/mol. The highest BCUT2D eigenvalue weighted by atomic mass is 32.2. The van der Waals surface area contributed by atoms with Gasteiger partial charge in [-0.2, -0.15) is 4.98 Å². The van der Waals surface area contributed by atoms with Gasteiger partial charge in [0.05, 0.1) is 18.6 Å². The predicted molar refractivity (Wildman–Crippen MR) is 110 cm³/mol. The Morgan fingerprint density at radius 1 is 1.21 bits per heavy atom. The molecule has 0 saturated heterocycles. The number of anilines is 1. The first-order chi connectivity index (χ1) is 14.2. The van der Waals surface area contributed by atoms with Crippen molar-refractivity contribution in [2.75, 3.05) is 18.2 Å². The van der Waals surface area contributed by atoms with E-state index in [1.54, 1.807) is 36.2 Å². The molecule has 5 rings (SSSR count). The molecule has 0 atom stereocenters. The van der Waals surface area contributed by atoms with Crippen LogP contribution in [0, 0.1) is 0 Å². The average Bonchev–Trinajstić information content (AvgIpc) is 3.32. The van der Waals surface area contributed by atoms with Crippen LogP contribution < -0.4 is 10.1 Å². The minimum absolute atomic E-state index is 0.151. The minimum Gasteiger partial charge on any atom is -0.495 e. The second-order valence-corrected chi connectivity index (χ2v) is 7.18. The van der Waals surface area contributed by atoms with Gasteiger partial charge >= 0.3 is 0 Å². The van der Waals surface area contributed by atoms with Gasteiger partial charge in [-0.25, -0.2) is 9.50 Å². The fourth-order valence-electron chi connectivity index (χ4n) is 3.11. The van der Waals surface area contributed by atoms with Crippen LogP contribution in [0.3, 0.4) is 0 Å². The monoisotopic (exact) mass is 405 g/mol. The Balaban J connectivity index is 1.37. The first kappa shape index (κ1) is 17.5. The number of furan rings is 1. The number of aromatic nitrogens is 4. The summed E-state index contributed by atoms with van der Waals surface area (Å²) in [6.45, 7) is 0. The molecule has 9 heteroatoms. The summed E-state index contributed by atoms with van der Waals surface area (Å²) in [5.41, 5.74) is 2.02.